The van der Waals surface area contributed by atoms with Crippen LogP contribution in [0.15, 0.2) is 18.3 Å². The van der Waals surface area contributed by atoms with Crippen LogP contribution >= 0.6 is 11.3 Å². The summed E-state index contributed by atoms with van der Waals surface area (Å²) < 4.78 is 0. The lowest BCUT2D eigenvalue weighted by molar-refractivity contribution is 0.0711. The number of amides is 1. The molecule has 23 heavy (non-hydrogen) atoms. The van der Waals surface area contributed by atoms with Crippen LogP contribution in [0.3, 0.4) is 0 Å². The number of aryl methyl sites for hydroxylation is 2. The van der Waals surface area contributed by atoms with Crippen molar-refractivity contribution in [2.24, 2.45) is 0 Å². The van der Waals surface area contributed by atoms with E-state index in [0.717, 1.165) is 47.3 Å². The number of carbonyl (C=O) groups excluding carboxylic acids is 1. The van der Waals surface area contributed by atoms with Crippen LogP contribution in [0.25, 0.3) is 0 Å². The lowest BCUT2D eigenvalue weighted by Gasteiger charge is -2.33. The van der Waals surface area contributed by atoms with Gasteiger partial charge in [0.1, 0.15) is 10.7 Å². The first kappa shape index (κ1) is 15.9. The summed E-state index contributed by atoms with van der Waals surface area (Å²) in [5, 5.41) is 4.03. The monoisotopic (exact) mass is 330 g/mol. The summed E-state index contributed by atoms with van der Waals surface area (Å²) in [5.41, 5.74) is 2.10. The molecule has 1 saturated heterocycles. The summed E-state index contributed by atoms with van der Waals surface area (Å²) in [4.78, 5) is 24.2. The Morgan fingerprint density at radius 3 is 2.96 bits per heavy atom. The van der Waals surface area contributed by atoms with Gasteiger partial charge in [0.15, 0.2) is 0 Å². The molecule has 2 aromatic heterocycles. The van der Waals surface area contributed by atoms with Gasteiger partial charge < -0.3 is 10.2 Å². The molecule has 1 amide bonds. The summed E-state index contributed by atoms with van der Waals surface area (Å²) in [5.74, 6) is 1.37. The van der Waals surface area contributed by atoms with Crippen molar-refractivity contribution >= 4 is 23.1 Å². The van der Waals surface area contributed by atoms with Crippen molar-refractivity contribution in [2.45, 2.75) is 32.6 Å². The molecule has 1 N–H and O–H groups in total. The molecule has 1 aliphatic heterocycles. The number of carbonyl (C=O) groups is 1. The number of nitrogens with one attached hydrogen (secondary N) is 1. The number of thiazole rings is 1. The highest BCUT2D eigenvalue weighted by Gasteiger charge is 2.27. The molecule has 1 atom stereocenters. The van der Waals surface area contributed by atoms with Gasteiger partial charge in [-0.25, -0.2) is 9.97 Å². The lowest BCUT2D eigenvalue weighted by atomic mass is 9.91. The van der Waals surface area contributed by atoms with E-state index in [2.05, 4.69) is 27.4 Å². The third-order valence-corrected chi connectivity index (χ3v) is 5.38. The van der Waals surface area contributed by atoms with Crippen LogP contribution in [0, 0.1) is 13.8 Å². The number of rotatable bonds is 3. The van der Waals surface area contributed by atoms with Crippen LogP contribution in [0.5, 0.6) is 0 Å². The molecule has 0 unspecified atom stereocenters. The standard InChI is InChI=1S/C17H22N4OS/c1-11-16(23-12(2)20-11)17(22)21-8-4-5-14(10-21)13-6-7-19-15(9-13)18-3/h6-7,9,14H,4-5,8,10H2,1-3H3,(H,18,19)/t14-/m1/s1. The quantitative estimate of drug-likeness (QED) is 0.939. The third kappa shape index (κ3) is 3.37. The maximum atomic E-state index is 12.8. The first-order valence-corrected chi connectivity index (χ1v) is 8.77. The maximum Gasteiger partial charge on any atom is 0.265 e. The van der Waals surface area contributed by atoms with Crippen molar-refractivity contribution in [2.75, 3.05) is 25.5 Å². The Hall–Kier alpha value is -1.95. The zero-order valence-corrected chi connectivity index (χ0v) is 14.6. The van der Waals surface area contributed by atoms with Crippen molar-refractivity contribution in [3.8, 4) is 0 Å². The molecule has 6 heteroatoms. The molecule has 0 aromatic carbocycles. The highest BCUT2D eigenvalue weighted by molar-refractivity contribution is 7.13. The van der Waals surface area contributed by atoms with E-state index in [1.807, 2.05) is 32.0 Å². The summed E-state index contributed by atoms with van der Waals surface area (Å²) in [7, 11) is 1.87. The van der Waals surface area contributed by atoms with E-state index in [1.54, 1.807) is 0 Å². The maximum absolute atomic E-state index is 12.8. The Morgan fingerprint density at radius 2 is 2.26 bits per heavy atom. The van der Waals surface area contributed by atoms with Crippen LogP contribution in [-0.2, 0) is 0 Å². The number of anilines is 1. The van der Waals surface area contributed by atoms with Gasteiger partial charge >= 0.3 is 0 Å². The van der Waals surface area contributed by atoms with Crippen molar-refractivity contribution in [1.29, 1.82) is 0 Å². The van der Waals surface area contributed by atoms with Crippen LogP contribution < -0.4 is 5.32 Å². The van der Waals surface area contributed by atoms with Crippen molar-refractivity contribution in [1.82, 2.24) is 14.9 Å². The van der Waals surface area contributed by atoms with E-state index in [9.17, 15) is 4.79 Å². The van der Waals surface area contributed by atoms with E-state index in [4.69, 9.17) is 0 Å². The van der Waals surface area contributed by atoms with E-state index in [-0.39, 0.29) is 5.91 Å². The molecular weight excluding hydrogens is 308 g/mol. The summed E-state index contributed by atoms with van der Waals surface area (Å²) in [6.07, 6.45) is 3.97. The van der Waals surface area contributed by atoms with Crippen molar-refractivity contribution in [3.05, 3.63) is 39.5 Å². The highest BCUT2D eigenvalue weighted by Crippen LogP contribution is 2.29. The van der Waals surface area contributed by atoms with Gasteiger partial charge in [0.2, 0.25) is 0 Å². The van der Waals surface area contributed by atoms with Crippen molar-refractivity contribution in [3.63, 3.8) is 0 Å². The molecule has 0 spiro atoms. The predicted octanol–water partition coefficient (Wildman–Crippen LogP) is 3.22. The van der Waals surface area contributed by atoms with Gasteiger partial charge in [-0.3, -0.25) is 4.79 Å². The Kier molecular flexibility index (Phi) is 4.61. The Labute approximate surface area is 140 Å². The molecule has 2 aromatic rings. The molecule has 0 aliphatic carbocycles. The fraction of sp³-hybridized carbons (Fsp3) is 0.471. The zero-order valence-electron chi connectivity index (χ0n) is 13.8. The van der Waals surface area contributed by atoms with E-state index in [1.165, 1.54) is 16.9 Å². The van der Waals surface area contributed by atoms with Gasteiger partial charge in [0.05, 0.1) is 10.7 Å². The smallest absolute Gasteiger partial charge is 0.265 e. The Balaban J connectivity index is 1.77. The predicted molar refractivity (Wildman–Crippen MR) is 93.3 cm³/mol. The third-order valence-electron chi connectivity index (χ3n) is 4.32. The summed E-state index contributed by atoms with van der Waals surface area (Å²) >= 11 is 1.50. The first-order valence-electron chi connectivity index (χ1n) is 7.95. The molecule has 3 rings (SSSR count). The van der Waals surface area contributed by atoms with Crippen LogP contribution in [-0.4, -0.2) is 40.9 Å². The number of nitrogens with zero attached hydrogens (tertiary/aromatic N) is 3. The van der Waals surface area contributed by atoms with Gasteiger partial charge in [0.25, 0.3) is 5.91 Å². The number of hydrogen-bond acceptors (Lipinski definition) is 5. The fourth-order valence-electron chi connectivity index (χ4n) is 3.14. The molecule has 3 heterocycles. The molecule has 1 aliphatic rings. The summed E-state index contributed by atoms with van der Waals surface area (Å²) in [6.45, 7) is 5.46. The van der Waals surface area contributed by atoms with Gasteiger partial charge in [-0.2, -0.15) is 0 Å². The molecule has 1 fully saturated rings. The van der Waals surface area contributed by atoms with Gasteiger partial charge in [-0.05, 0) is 44.4 Å². The lowest BCUT2D eigenvalue weighted by Crippen LogP contribution is -2.39. The second-order valence-corrected chi connectivity index (χ2v) is 7.17. The average Bonchev–Trinajstić information content (AvgIpc) is 2.92. The van der Waals surface area contributed by atoms with Crippen LogP contribution in [0.1, 0.15) is 44.7 Å². The number of aromatic nitrogens is 2. The number of pyridine rings is 1. The Morgan fingerprint density at radius 1 is 1.43 bits per heavy atom. The number of piperidine rings is 1. The van der Waals surface area contributed by atoms with E-state index in [0.29, 0.717) is 5.92 Å². The topological polar surface area (TPSA) is 58.1 Å². The minimum atomic E-state index is 0.126. The van der Waals surface area contributed by atoms with Crippen LogP contribution in [0.2, 0.25) is 0 Å². The minimum Gasteiger partial charge on any atom is -0.373 e. The van der Waals surface area contributed by atoms with Gasteiger partial charge in [0, 0.05) is 32.3 Å². The second-order valence-electron chi connectivity index (χ2n) is 5.96. The molecule has 0 radical (unpaired) electrons. The van der Waals surface area contributed by atoms with Gasteiger partial charge in [-0.1, -0.05) is 0 Å². The zero-order chi connectivity index (χ0) is 16.4. The largest absolute Gasteiger partial charge is 0.373 e. The van der Waals surface area contributed by atoms with Crippen LogP contribution in [0.4, 0.5) is 5.82 Å². The molecule has 5 nitrogen and oxygen atoms in total. The molecule has 0 saturated carbocycles. The molecular formula is C17H22N4OS. The number of likely N-dealkylation sites (tertiary alicyclic amines) is 1. The normalized spacial score (nSPS) is 18.0. The summed E-state index contributed by atoms with van der Waals surface area (Å²) in [6, 6.07) is 4.14. The second kappa shape index (κ2) is 6.66. The molecule has 0 bridgehead atoms. The van der Waals surface area contributed by atoms with E-state index >= 15 is 0 Å². The van der Waals surface area contributed by atoms with Crippen molar-refractivity contribution < 1.29 is 4.79 Å². The van der Waals surface area contributed by atoms with Gasteiger partial charge in [-0.15, -0.1) is 11.3 Å². The SMILES string of the molecule is CNc1cc([C@@H]2CCCN(C(=O)c3sc(C)nc3C)C2)ccn1. The highest BCUT2D eigenvalue weighted by atomic mass is 32.1. The average molecular weight is 330 g/mol. The minimum absolute atomic E-state index is 0.126. The molecule has 122 valence electrons. The van der Waals surface area contributed by atoms with E-state index < -0.39 is 0 Å². The fourth-order valence-corrected chi connectivity index (χ4v) is 4.03. The number of hydrogen-bond donors (Lipinski definition) is 1. The first-order chi connectivity index (χ1) is 11.1. The Bertz CT molecular complexity index is 712.